The van der Waals surface area contributed by atoms with Crippen molar-refractivity contribution in [3.8, 4) is 0 Å². The summed E-state index contributed by atoms with van der Waals surface area (Å²) < 4.78 is 33.5. The molecule has 3 aromatic rings. The molecule has 0 aromatic heterocycles. The summed E-state index contributed by atoms with van der Waals surface area (Å²) in [5, 5.41) is 4.62. The number of carbonyl (C=O) groups excluding carboxylic acids is 1. The number of halogens is 1. The fourth-order valence-electron chi connectivity index (χ4n) is 3.85. The van der Waals surface area contributed by atoms with Crippen molar-refractivity contribution < 1.29 is 17.9 Å². The minimum absolute atomic E-state index is 0.0975. The molecule has 0 aliphatic rings. The van der Waals surface area contributed by atoms with E-state index in [1.807, 2.05) is 64.2 Å². The first kappa shape index (κ1) is 28.9. The number of ether oxygens (including phenoxy) is 1. The number of fused-ring (bicyclic) bond motifs is 1. The van der Waals surface area contributed by atoms with E-state index in [1.54, 1.807) is 12.1 Å². The van der Waals surface area contributed by atoms with Gasteiger partial charge in [0.25, 0.3) is 0 Å². The summed E-state index contributed by atoms with van der Waals surface area (Å²) in [6.07, 6.45) is 1.42. The van der Waals surface area contributed by atoms with Crippen LogP contribution in [0.5, 0.6) is 0 Å². The van der Waals surface area contributed by atoms with E-state index in [-0.39, 0.29) is 9.92 Å². The molecule has 0 heterocycles. The number of rotatable bonds is 11. The van der Waals surface area contributed by atoms with Gasteiger partial charge < -0.3 is 15.0 Å². The van der Waals surface area contributed by atoms with Gasteiger partial charge in [-0.15, -0.1) is 0 Å². The Morgan fingerprint density at radius 3 is 2.35 bits per heavy atom. The van der Waals surface area contributed by atoms with Gasteiger partial charge in [0.15, 0.2) is 0 Å². The van der Waals surface area contributed by atoms with Crippen LogP contribution in [0.25, 0.3) is 10.8 Å². The van der Waals surface area contributed by atoms with Crippen molar-refractivity contribution in [3.05, 3.63) is 76.8 Å². The molecular formula is C28H36ClN3O4S. The highest BCUT2D eigenvalue weighted by Gasteiger charge is 2.19. The minimum atomic E-state index is -3.71. The molecule has 0 bridgehead atoms. The first-order valence-electron chi connectivity index (χ1n) is 12.3. The molecule has 37 heavy (non-hydrogen) atoms. The predicted octanol–water partition coefficient (Wildman–Crippen LogP) is 5.36. The summed E-state index contributed by atoms with van der Waals surface area (Å²) in [6.45, 7) is 7.62. The van der Waals surface area contributed by atoms with Crippen LogP contribution in [0, 0.1) is 0 Å². The Labute approximate surface area is 225 Å². The lowest BCUT2D eigenvalue weighted by Gasteiger charge is -2.19. The topological polar surface area (TPSA) is 87.7 Å². The first-order valence-corrected chi connectivity index (χ1v) is 14.2. The van der Waals surface area contributed by atoms with E-state index >= 15 is 0 Å². The lowest BCUT2D eigenvalue weighted by atomic mass is 10.1. The molecule has 0 saturated carbocycles. The second-order valence-corrected chi connectivity index (χ2v) is 12.2. The van der Waals surface area contributed by atoms with E-state index in [0.29, 0.717) is 19.6 Å². The summed E-state index contributed by atoms with van der Waals surface area (Å²) in [5.74, 6) is 0. The van der Waals surface area contributed by atoms with Crippen LogP contribution in [-0.4, -0.2) is 51.7 Å². The number of nitrogens with one attached hydrogen (secondary N) is 2. The minimum Gasteiger partial charge on any atom is -0.444 e. The monoisotopic (exact) mass is 545 g/mol. The zero-order valence-electron chi connectivity index (χ0n) is 21.9. The van der Waals surface area contributed by atoms with Crippen LogP contribution < -0.4 is 10.0 Å². The second kappa shape index (κ2) is 12.7. The summed E-state index contributed by atoms with van der Waals surface area (Å²) in [7, 11) is -1.73. The smallest absolute Gasteiger partial charge is 0.407 e. The van der Waals surface area contributed by atoms with Crippen molar-refractivity contribution in [1.82, 2.24) is 14.9 Å². The molecular weight excluding hydrogens is 510 g/mol. The molecule has 0 saturated heterocycles. The van der Waals surface area contributed by atoms with E-state index in [2.05, 4.69) is 27.1 Å². The quantitative estimate of drug-likeness (QED) is 0.338. The molecule has 0 aliphatic carbocycles. The number of hydrogen-bond acceptors (Lipinski definition) is 5. The van der Waals surface area contributed by atoms with Gasteiger partial charge in [-0.05, 0) is 69.8 Å². The van der Waals surface area contributed by atoms with Crippen LogP contribution in [0.3, 0.4) is 0 Å². The number of nitrogens with zero attached hydrogens (tertiary/aromatic N) is 1. The largest absolute Gasteiger partial charge is 0.444 e. The molecule has 7 nitrogen and oxygen atoms in total. The molecule has 9 heteroatoms. The standard InChI is InChI=1S/C28H36ClN3O4S/c1-28(2,3)36-27(33)30-20-22-13-11-21(12-14-22)8-7-18-32(4)19-17-31-37(34,35)25-16-15-23-9-5-6-10-24(23)26(25)29/h5-6,9-16,31H,7-8,17-20H2,1-4H3,(H,30,33). The first-order chi connectivity index (χ1) is 17.4. The van der Waals surface area contributed by atoms with Crippen LogP contribution in [0.15, 0.2) is 65.6 Å². The Morgan fingerprint density at radius 2 is 1.65 bits per heavy atom. The maximum Gasteiger partial charge on any atom is 0.407 e. The summed E-state index contributed by atoms with van der Waals surface area (Å²) in [6, 6.07) is 18.9. The lowest BCUT2D eigenvalue weighted by Crippen LogP contribution is -2.33. The Balaban J connectivity index is 1.39. The molecule has 0 aliphatic heterocycles. The van der Waals surface area contributed by atoms with Crippen LogP contribution in [-0.2, 0) is 27.7 Å². The molecule has 3 rings (SSSR count). The van der Waals surface area contributed by atoms with Gasteiger partial charge in [0.2, 0.25) is 10.0 Å². The number of carbonyl (C=O) groups is 1. The number of benzene rings is 3. The lowest BCUT2D eigenvalue weighted by molar-refractivity contribution is 0.0523. The Kier molecular flexibility index (Phi) is 9.95. The number of sulfonamides is 1. The van der Waals surface area contributed by atoms with E-state index in [1.165, 1.54) is 5.56 Å². The SMILES string of the molecule is CN(CCCc1ccc(CNC(=O)OC(C)(C)C)cc1)CCNS(=O)(=O)c1ccc2ccccc2c1Cl. The van der Waals surface area contributed by atoms with Gasteiger partial charge >= 0.3 is 6.09 Å². The fourth-order valence-corrected chi connectivity index (χ4v) is 5.50. The van der Waals surface area contributed by atoms with Crippen molar-refractivity contribution in [3.63, 3.8) is 0 Å². The van der Waals surface area contributed by atoms with Gasteiger partial charge in [-0.3, -0.25) is 0 Å². The molecule has 0 atom stereocenters. The fraction of sp³-hybridized carbons (Fsp3) is 0.393. The van der Waals surface area contributed by atoms with E-state index in [9.17, 15) is 13.2 Å². The molecule has 0 unspecified atom stereocenters. The van der Waals surface area contributed by atoms with Crippen molar-refractivity contribution in [2.75, 3.05) is 26.7 Å². The maximum atomic E-state index is 12.8. The normalized spacial score (nSPS) is 12.2. The average Bonchev–Trinajstić information content (AvgIpc) is 2.82. The molecule has 3 aromatic carbocycles. The van der Waals surface area contributed by atoms with Gasteiger partial charge in [0, 0.05) is 25.0 Å². The van der Waals surface area contributed by atoms with Crippen LogP contribution in [0.4, 0.5) is 4.79 Å². The second-order valence-electron chi connectivity index (χ2n) is 10.1. The van der Waals surface area contributed by atoms with Crippen molar-refractivity contribution >= 4 is 38.5 Å². The van der Waals surface area contributed by atoms with Gasteiger partial charge in [0.05, 0.1) is 5.02 Å². The van der Waals surface area contributed by atoms with Gasteiger partial charge in [-0.25, -0.2) is 17.9 Å². The van der Waals surface area contributed by atoms with E-state index in [0.717, 1.165) is 35.7 Å². The third-order valence-corrected chi connectivity index (χ3v) is 7.79. The number of aryl methyl sites for hydroxylation is 1. The Hall–Kier alpha value is -2.65. The van der Waals surface area contributed by atoms with Gasteiger partial charge in [-0.2, -0.15) is 0 Å². The zero-order valence-corrected chi connectivity index (χ0v) is 23.5. The summed E-state index contributed by atoms with van der Waals surface area (Å²) >= 11 is 6.40. The number of hydrogen-bond donors (Lipinski definition) is 2. The van der Waals surface area contributed by atoms with Crippen LogP contribution in [0.1, 0.15) is 38.3 Å². The van der Waals surface area contributed by atoms with Crippen molar-refractivity contribution in [2.24, 2.45) is 0 Å². The van der Waals surface area contributed by atoms with Crippen LogP contribution in [0.2, 0.25) is 5.02 Å². The maximum absolute atomic E-state index is 12.8. The molecule has 1 amide bonds. The summed E-state index contributed by atoms with van der Waals surface area (Å²) in [5.41, 5.74) is 1.70. The van der Waals surface area contributed by atoms with Gasteiger partial charge in [-0.1, -0.05) is 66.2 Å². The van der Waals surface area contributed by atoms with Crippen LogP contribution >= 0.6 is 11.6 Å². The molecule has 2 N–H and O–H groups in total. The molecule has 200 valence electrons. The highest BCUT2D eigenvalue weighted by molar-refractivity contribution is 7.89. The zero-order chi connectivity index (χ0) is 27.1. The third-order valence-electron chi connectivity index (χ3n) is 5.77. The predicted molar refractivity (Wildman–Crippen MR) is 149 cm³/mol. The number of alkyl carbamates (subject to hydrolysis) is 1. The highest BCUT2D eigenvalue weighted by Crippen LogP contribution is 2.30. The number of amides is 1. The van der Waals surface area contributed by atoms with Crippen molar-refractivity contribution in [1.29, 1.82) is 0 Å². The molecule has 0 fully saturated rings. The molecule has 0 radical (unpaired) electrons. The third kappa shape index (κ3) is 9.00. The van der Waals surface area contributed by atoms with Crippen molar-refractivity contribution in [2.45, 2.75) is 50.7 Å². The summed E-state index contributed by atoms with van der Waals surface area (Å²) in [4.78, 5) is 14.0. The Bertz CT molecular complexity index is 1310. The van der Waals surface area contributed by atoms with E-state index in [4.69, 9.17) is 16.3 Å². The highest BCUT2D eigenvalue weighted by atomic mass is 35.5. The van der Waals surface area contributed by atoms with E-state index < -0.39 is 21.7 Å². The average molecular weight is 546 g/mol. The van der Waals surface area contributed by atoms with Gasteiger partial charge in [0.1, 0.15) is 10.5 Å². The number of likely N-dealkylation sites (N-methyl/N-ethyl adjacent to an activating group) is 1. The molecule has 0 spiro atoms. The Morgan fingerprint density at radius 1 is 0.973 bits per heavy atom.